The second-order valence-corrected chi connectivity index (χ2v) is 4.17. The number of carboxylic acids is 1. The number of hydrogen-bond acceptors (Lipinski definition) is 3. The first-order valence-corrected chi connectivity index (χ1v) is 5.47. The van der Waals surface area contributed by atoms with E-state index in [1.165, 1.54) is 0 Å². The van der Waals surface area contributed by atoms with Crippen LogP contribution in [0.25, 0.3) is 0 Å². The highest BCUT2D eigenvalue weighted by molar-refractivity contribution is 5.77. The van der Waals surface area contributed by atoms with Crippen LogP contribution in [0, 0.1) is 0 Å². The number of nitrogens with zero attached hydrogens (tertiary/aromatic N) is 2. The van der Waals surface area contributed by atoms with Crippen LogP contribution in [0.1, 0.15) is 32.1 Å². The van der Waals surface area contributed by atoms with Gasteiger partial charge in [0.15, 0.2) is 0 Å². The fourth-order valence-corrected chi connectivity index (χ4v) is 1.99. The molecule has 1 aliphatic heterocycles. The van der Waals surface area contributed by atoms with Gasteiger partial charge in [-0.2, -0.15) is 0 Å². The Bertz CT molecular complexity index is 276. The molecule has 0 unspecified atom stereocenters. The number of hydrazine groups is 1. The minimum atomic E-state index is -0.802. The lowest BCUT2D eigenvalue weighted by Crippen LogP contribution is -2.52. The van der Waals surface area contributed by atoms with Gasteiger partial charge in [-0.3, -0.25) is 14.6 Å². The highest BCUT2D eigenvalue weighted by atomic mass is 16.4. The molecular weight excluding hydrogens is 196 g/mol. The first kappa shape index (κ1) is 10.4. The van der Waals surface area contributed by atoms with Gasteiger partial charge in [-0.1, -0.05) is 0 Å². The van der Waals surface area contributed by atoms with E-state index in [1.807, 2.05) is 5.01 Å². The first-order valence-electron chi connectivity index (χ1n) is 5.47. The van der Waals surface area contributed by atoms with Crippen LogP contribution >= 0.6 is 0 Å². The highest BCUT2D eigenvalue weighted by Crippen LogP contribution is 2.31. The monoisotopic (exact) mass is 212 g/mol. The molecule has 0 bridgehead atoms. The average molecular weight is 212 g/mol. The van der Waals surface area contributed by atoms with Crippen LogP contribution in [0.5, 0.6) is 0 Å². The van der Waals surface area contributed by atoms with Crippen molar-refractivity contribution in [1.29, 1.82) is 0 Å². The zero-order chi connectivity index (χ0) is 10.8. The molecule has 1 saturated heterocycles. The van der Waals surface area contributed by atoms with E-state index in [9.17, 15) is 9.59 Å². The Hall–Kier alpha value is -1.10. The van der Waals surface area contributed by atoms with Crippen molar-refractivity contribution >= 4 is 11.9 Å². The van der Waals surface area contributed by atoms with Crippen molar-refractivity contribution < 1.29 is 14.7 Å². The van der Waals surface area contributed by atoms with E-state index in [1.54, 1.807) is 5.01 Å². The Balaban J connectivity index is 1.93. The number of carbonyl (C=O) groups excluding carboxylic acids is 1. The summed E-state index contributed by atoms with van der Waals surface area (Å²) in [5, 5.41) is 12.3. The first-order chi connectivity index (χ1) is 7.18. The number of carbonyl (C=O) groups is 2. The standard InChI is InChI=1S/C10H16N2O3/c13-9-2-1-6-11(7-5-10(14)15)12(9)8-3-4-8/h8H,1-7H2,(H,14,15). The van der Waals surface area contributed by atoms with Crippen LogP contribution in [0.4, 0.5) is 0 Å². The van der Waals surface area contributed by atoms with Crippen LogP contribution in [0.15, 0.2) is 0 Å². The number of hydrogen-bond donors (Lipinski definition) is 1. The van der Waals surface area contributed by atoms with Gasteiger partial charge in [0.25, 0.3) is 0 Å². The number of aliphatic carboxylic acids is 1. The number of amides is 1. The van der Waals surface area contributed by atoms with Gasteiger partial charge in [0.1, 0.15) is 0 Å². The maximum Gasteiger partial charge on any atom is 0.304 e. The lowest BCUT2D eigenvalue weighted by molar-refractivity contribution is -0.159. The molecule has 0 spiro atoms. The van der Waals surface area contributed by atoms with Gasteiger partial charge in [-0.05, 0) is 19.3 Å². The lowest BCUT2D eigenvalue weighted by atomic mass is 10.2. The van der Waals surface area contributed by atoms with Crippen molar-refractivity contribution in [1.82, 2.24) is 10.0 Å². The summed E-state index contributed by atoms with van der Waals surface area (Å²) < 4.78 is 0. The Morgan fingerprint density at radius 1 is 1.47 bits per heavy atom. The fraction of sp³-hybridized carbons (Fsp3) is 0.800. The Morgan fingerprint density at radius 2 is 2.20 bits per heavy atom. The van der Waals surface area contributed by atoms with E-state index in [2.05, 4.69) is 0 Å². The van der Waals surface area contributed by atoms with Gasteiger partial charge >= 0.3 is 5.97 Å². The normalized spacial score (nSPS) is 23.2. The van der Waals surface area contributed by atoms with E-state index >= 15 is 0 Å². The van der Waals surface area contributed by atoms with E-state index in [0.29, 0.717) is 19.0 Å². The molecule has 1 heterocycles. The lowest BCUT2D eigenvalue weighted by Gasteiger charge is -2.38. The molecule has 84 valence electrons. The summed E-state index contributed by atoms with van der Waals surface area (Å²) in [5.41, 5.74) is 0. The maximum absolute atomic E-state index is 11.7. The minimum Gasteiger partial charge on any atom is -0.481 e. The summed E-state index contributed by atoms with van der Waals surface area (Å²) in [4.78, 5) is 22.2. The van der Waals surface area contributed by atoms with Crippen molar-refractivity contribution in [3.8, 4) is 0 Å². The average Bonchev–Trinajstić information content (AvgIpc) is 2.98. The third-order valence-electron chi connectivity index (χ3n) is 2.84. The van der Waals surface area contributed by atoms with Crippen molar-refractivity contribution in [2.75, 3.05) is 13.1 Å². The Kier molecular flexibility index (Phi) is 2.90. The summed E-state index contributed by atoms with van der Waals surface area (Å²) in [5.74, 6) is -0.641. The van der Waals surface area contributed by atoms with Crippen molar-refractivity contribution in [3.63, 3.8) is 0 Å². The number of rotatable bonds is 4. The molecule has 1 N–H and O–H groups in total. The second kappa shape index (κ2) is 4.18. The van der Waals surface area contributed by atoms with Gasteiger partial charge in [0, 0.05) is 25.6 Å². The van der Waals surface area contributed by atoms with E-state index < -0.39 is 5.97 Å². The smallest absolute Gasteiger partial charge is 0.304 e. The largest absolute Gasteiger partial charge is 0.481 e. The summed E-state index contributed by atoms with van der Waals surface area (Å²) in [6.07, 6.45) is 3.70. The van der Waals surface area contributed by atoms with Crippen molar-refractivity contribution in [3.05, 3.63) is 0 Å². The topological polar surface area (TPSA) is 60.9 Å². The summed E-state index contributed by atoms with van der Waals surface area (Å²) in [6, 6.07) is 0.353. The molecule has 1 amide bonds. The van der Waals surface area contributed by atoms with Crippen LogP contribution in [0.2, 0.25) is 0 Å². The maximum atomic E-state index is 11.7. The van der Waals surface area contributed by atoms with Crippen LogP contribution in [0.3, 0.4) is 0 Å². The van der Waals surface area contributed by atoms with Gasteiger partial charge < -0.3 is 5.11 Å². The van der Waals surface area contributed by atoms with Crippen LogP contribution in [-0.4, -0.2) is 46.1 Å². The quantitative estimate of drug-likeness (QED) is 0.735. The highest BCUT2D eigenvalue weighted by Gasteiger charge is 2.38. The summed E-state index contributed by atoms with van der Waals surface area (Å²) in [7, 11) is 0. The fourth-order valence-electron chi connectivity index (χ4n) is 1.99. The zero-order valence-electron chi connectivity index (χ0n) is 8.69. The second-order valence-electron chi connectivity index (χ2n) is 4.17. The molecule has 0 aromatic carbocycles. The van der Waals surface area contributed by atoms with E-state index in [0.717, 1.165) is 25.8 Å². The molecule has 1 aliphatic carbocycles. The molecule has 5 nitrogen and oxygen atoms in total. The molecule has 5 heteroatoms. The predicted octanol–water partition coefficient (Wildman–Crippen LogP) is 0.463. The molecule has 0 radical (unpaired) electrons. The van der Waals surface area contributed by atoms with Gasteiger partial charge in [-0.15, -0.1) is 0 Å². The van der Waals surface area contributed by atoms with Gasteiger partial charge in [0.05, 0.1) is 6.42 Å². The van der Waals surface area contributed by atoms with Crippen molar-refractivity contribution in [2.24, 2.45) is 0 Å². The van der Waals surface area contributed by atoms with E-state index in [-0.39, 0.29) is 12.3 Å². The zero-order valence-corrected chi connectivity index (χ0v) is 8.69. The molecule has 0 atom stereocenters. The molecule has 15 heavy (non-hydrogen) atoms. The van der Waals surface area contributed by atoms with Crippen LogP contribution < -0.4 is 0 Å². The molecular formula is C10H16N2O3. The van der Waals surface area contributed by atoms with Gasteiger partial charge in [0.2, 0.25) is 5.91 Å². The number of carboxylic acid groups (broad SMARTS) is 1. The third-order valence-corrected chi connectivity index (χ3v) is 2.84. The minimum absolute atomic E-state index is 0.108. The molecule has 2 fully saturated rings. The predicted molar refractivity (Wildman–Crippen MR) is 52.9 cm³/mol. The molecule has 2 rings (SSSR count). The molecule has 0 aromatic rings. The van der Waals surface area contributed by atoms with Crippen molar-refractivity contribution in [2.45, 2.75) is 38.1 Å². The SMILES string of the molecule is O=C(O)CCN1CCCC(=O)N1C1CC1. The van der Waals surface area contributed by atoms with Crippen LogP contribution in [-0.2, 0) is 9.59 Å². The molecule has 1 saturated carbocycles. The molecule has 2 aliphatic rings. The Labute approximate surface area is 88.6 Å². The Morgan fingerprint density at radius 3 is 2.80 bits per heavy atom. The summed E-state index contributed by atoms with van der Waals surface area (Å²) in [6.45, 7) is 1.27. The summed E-state index contributed by atoms with van der Waals surface area (Å²) >= 11 is 0. The van der Waals surface area contributed by atoms with Gasteiger partial charge in [-0.25, -0.2) is 5.01 Å². The third kappa shape index (κ3) is 2.47. The van der Waals surface area contributed by atoms with E-state index in [4.69, 9.17) is 5.11 Å². The molecule has 0 aromatic heterocycles.